The van der Waals surface area contributed by atoms with Gasteiger partial charge in [0.25, 0.3) is 5.91 Å². The second-order valence-corrected chi connectivity index (χ2v) is 7.28. The fourth-order valence-electron chi connectivity index (χ4n) is 3.02. The number of hydrogen-bond donors (Lipinski definition) is 1. The summed E-state index contributed by atoms with van der Waals surface area (Å²) in [6.07, 6.45) is -1.27. The number of benzene rings is 2. The van der Waals surface area contributed by atoms with Gasteiger partial charge in [-0.25, -0.2) is 13.6 Å². The molecule has 0 atom stereocenters. The number of carbonyl (C=O) groups excluding carboxylic acids is 1. The van der Waals surface area contributed by atoms with Gasteiger partial charge in [0.15, 0.2) is 6.21 Å². The molecule has 180 valence electrons. The number of halogens is 4. The van der Waals surface area contributed by atoms with Crippen LogP contribution in [0.3, 0.4) is 0 Å². The Bertz CT molecular complexity index is 1170. The molecule has 0 fully saturated rings. The predicted octanol–water partition coefficient (Wildman–Crippen LogP) is 5.08. The third-order valence-corrected chi connectivity index (χ3v) is 4.56. The summed E-state index contributed by atoms with van der Waals surface area (Å²) in [6.45, 7) is 7.74. The average molecular weight is 476 g/mol. The summed E-state index contributed by atoms with van der Waals surface area (Å²) in [6, 6.07) is 10.4. The van der Waals surface area contributed by atoms with Crippen LogP contribution in [0.1, 0.15) is 36.2 Å². The van der Waals surface area contributed by atoms with Crippen LogP contribution in [-0.2, 0) is 17.5 Å². The van der Waals surface area contributed by atoms with E-state index in [0.717, 1.165) is 12.1 Å². The Morgan fingerprint density at radius 1 is 1.15 bits per heavy atom. The van der Waals surface area contributed by atoms with Gasteiger partial charge in [0.05, 0.1) is 17.4 Å². The van der Waals surface area contributed by atoms with Gasteiger partial charge in [-0.15, -0.1) is 0 Å². The second-order valence-electron chi connectivity index (χ2n) is 7.28. The van der Waals surface area contributed by atoms with Crippen molar-refractivity contribution in [2.45, 2.75) is 26.6 Å². The molecule has 0 aliphatic heterocycles. The number of aromatic nitrogens is 2. The van der Waals surface area contributed by atoms with Crippen molar-refractivity contribution in [3.05, 3.63) is 89.5 Å². The molecule has 0 unspecified atom stereocenters. The topological polar surface area (TPSA) is 49.9 Å². The van der Waals surface area contributed by atoms with Crippen LogP contribution in [0.5, 0.6) is 0 Å². The number of carbonyl (C=O) groups is 1. The molecule has 0 aliphatic carbocycles. The molecule has 1 aromatic heterocycles. The van der Waals surface area contributed by atoms with E-state index >= 15 is 0 Å². The highest BCUT2D eigenvalue weighted by molar-refractivity contribution is 6.20. The maximum absolute atomic E-state index is 13.3. The fourth-order valence-corrected chi connectivity index (χ4v) is 3.02. The van der Waals surface area contributed by atoms with Gasteiger partial charge in [-0.1, -0.05) is 32.6 Å². The SMILES string of the molecule is C=C(C(=O)NCc1cccc(C(F)(F)F)c1)c1cnn(-c2ccc(F)cc2)c1C=[N+](C)C.CC. The van der Waals surface area contributed by atoms with Gasteiger partial charge < -0.3 is 5.32 Å². The third-order valence-electron chi connectivity index (χ3n) is 4.56. The van der Waals surface area contributed by atoms with Gasteiger partial charge in [-0.05, 0) is 42.0 Å². The lowest BCUT2D eigenvalue weighted by Gasteiger charge is -2.11. The smallest absolute Gasteiger partial charge is 0.348 e. The molecule has 2 aromatic carbocycles. The van der Waals surface area contributed by atoms with E-state index in [-0.39, 0.29) is 12.1 Å². The van der Waals surface area contributed by atoms with E-state index in [1.165, 1.54) is 30.5 Å². The zero-order valence-electron chi connectivity index (χ0n) is 19.4. The predicted molar refractivity (Wildman–Crippen MR) is 124 cm³/mol. The number of nitrogens with zero attached hydrogens (tertiary/aromatic N) is 3. The molecule has 1 N–H and O–H groups in total. The summed E-state index contributed by atoms with van der Waals surface area (Å²) < 4.78 is 55.3. The Labute approximate surface area is 196 Å². The maximum atomic E-state index is 13.3. The zero-order valence-corrected chi connectivity index (χ0v) is 19.4. The van der Waals surface area contributed by atoms with Crippen LogP contribution >= 0.6 is 0 Å². The Morgan fingerprint density at radius 2 is 1.79 bits per heavy atom. The molecular formula is C25H27F4N4O+. The number of alkyl halides is 3. The number of amides is 1. The minimum Gasteiger partial charge on any atom is -0.348 e. The van der Waals surface area contributed by atoms with Crippen LogP contribution in [0.15, 0.2) is 61.3 Å². The molecule has 1 amide bonds. The molecule has 34 heavy (non-hydrogen) atoms. The molecule has 3 rings (SSSR count). The summed E-state index contributed by atoms with van der Waals surface area (Å²) in [5.41, 5.74) is 1.18. The Balaban J connectivity index is 0.00000199. The summed E-state index contributed by atoms with van der Waals surface area (Å²) >= 11 is 0. The lowest BCUT2D eigenvalue weighted by atomic mass is 10.1. The molecular weight excluding hydrogens is 448 g/mol. The molecule has 1 heterocycles. The van der Waals surface area contributed by atoms with Crippen molar-refractivity contribution < 1.29 is 26.9 Å². The average Bonchev–Trinajstić information content (AvgIpc) is 3.21. The van der Waals surface area contributed by atoms with E-state index in [4.69, 9.17) is 0 Å². The molecule has 0 saturated carbocycles. The minimum atomic E-state index is -4.46. The number of rotatable bonds is 6. The second kappa shape index (κ2) is 11.4. The van der Waals surface area contributed by atoms with Gasteiger partial charge in [0.1, 0.15) is 25.6 Å². The van der Waals surface area contributed by atoms with Crippen LogP contribution in [0.2, 0.25) is 0 Å². The highest BCUT2D eigenvalue weighted by Gasteiger charge is 2.30. The van der Waals surface area contributed by atoms with E-state index in [0.29, 0.717) is 22.5 Å². The molecule has 3 aromatic rings. The molecule has 0 aliphatic rings. The lowest BCUT2D eigenvalue weighted by molar-refractivity contribution is -0.459. The van der Waals surface area contributed by atoms with Crippen molar-refractivity contribution >= 4 is 17.7 Å². The monoisotopic (exact) mass is 475 g/mol. The van der Waals surface area contributed by atoms with Gasteiger partial charge in [0, 0.05) is 17.7 Å². The molecule has 0 saturated heterocycles. The van der Waals surface area contributed by atoms with Crippen LogP contribution in [-0.4, -0.2) is 40.6 Å². The van der Waals surface area contributed by atoms with Crippen molar-refractivity contribution in [2.24, 2.45) is 0 Å². The largest absolute Gasteiger partial charge is 0.416 e. The van der Waals surface area contributed by atoms with Gasteiger partial charge in [-0.2, -0.15) is 18.3 Å². The van der Waals surface area contributed by atoms with Crippen molar-refractivity contribution in [1.82, 2.24) is 15.1 Å². The lowest BCUT2D eigenvalue weighted by Crippen LogP contribution is -2.24. The highest BCUT2D eigenvalue weighted by atomic mass is 19.4. The van der Waals surface area contributed by atoms with Gasteiger partial charge in [0.2, 0.25) is 0 Å². The molecule has 0 spiro atoms. The van der Waals surface area contributed by atoms with Crippen molar-refractivity contribution in [2.75, 3.05) is 14.1 Å². The quantitative estimate of drug-likeness (QED) is 0.234. The Hall–Kier alpha value is -3.75. The Kier molecular flexibility index (Phi) is 8.89. The normalized spacial score (nSPS) is 10.7. The van der Waals surface area contributed by atoms with Crippen LogP contribution in [0, 0.1) is 5.82 Å². The summed E-state index contributed by atoms with van der Waals surface area (Å²) in [7, 11) is 3.59. The fraction of sp³-hybridized carbons (Fsp3) is 0.240. The number of nitrogens with one attached hydrogen (secondary N) is 1. The first kappa shape index (κ1) is 26.5. The van der Waals surface area contributed by atoms with E-state index in [9.17, 15) is 22.4 Å². The highest BCUT2D eigenvalue weighted by Crippen LogP contribution is 2.29. The standard InChI is InChI=1S/C23H20F4N4O.C2H6/c1-15(22(32)28-12-16-5-4-6-17(11-16)23(25,26)27)20-13-29-31(21(20)14-30(2)3)19-9-7-18(24)8-10-19;1-2/h4-11,13-14H,1,12H2,2-3H3;1-2H3/p+1. The zero-order chi connectivity index (χ0) is 25.5. The van der Waals surface area contributed by atoms with E-state index in [1.54, 1.807) is 41.7 Å². The van der Waals surface area contributed by atoms with Crippen molar-refractivity contribution in [3.63, 3.8) is 0 Å². The summed E-state index contributed by atoms with van der Waals surface area (Å²) in [5, 5.41) is 6.89. The van der Waals surface area contributed by atoms with Crippen molar-refractivity contribution in [3.8, 4) is 5.69 Å². The summed E-state index contributed by atoms with van der Waals surface area (Å²) in [4.78, 5) is 12.7. The van der Waals surface area contributed by atoms with Gasteiger partial charge >= 0.3 is 6.18 Å². The van der Waals surface area contributed by atoms with Crippen LogP contribution in [0.25, 0.3) is 11.3 Å². The van der Waals surface area contributed by atoms with E-state index in [1.807, 2.05) is 13.8 Å². The van der Waals surface area contributed by atoms with Crippen LogP contribution in [0.4, 0.5) is 17.6 Å². The summed E-state index contributed by atoms with van der Waals surface area (Å²) in [5.74, 6) is -0.938. The molecule has 0 radical (unpaired) electrons. The first-order valence-electron chi connectivity index (χ1n) is 10.5. The third kappa shape index (κ3) is 6.63. The van der Waals surface area contributed by atoms with E-state index in [2.05, 4.69) is 17.0 Å². The minimum absolute atomic E-state index is 0.0958. The first-order chi connectivity index (χ1) is 16.1. The van der Waals surface area contributed by atoms with E-state index < -0.39 is 23.5 Å². The van der Waals surface area contributed by atoms with Crippen LogP contribution < -0.4 is 5.32 Å². The Morgan fingerprint density at radius 3 is 2.38 bits per heavy atom. The molecule has 9 heteroatoms. The van der Waals surface area contributed by atoms with Crippen molar-refractivity contribution in [1.29, 1.82) is 0 Å². The van der Waals surface area contributed by atoms with Gasteiger partial charge in [-0.3, -0.25) is 4.79 Å². The first-order valence-corrected chi connectivity index (χ1v) is 10.5. The maximum Gasteiger partial charge on any atom is 0.416 e. The number of hydrogen-bond acceptors (Lipinski definition) is 2. The molecule has 0 bridgehead atoms. The molecule has 5 nitrogen and oxygen atoms in total.